The highest BCUT2D eigenvalue weighted by Crippen LogP contribution is 2.53. The zero-order valence-electron chi connectivity index (χ0n) is 31.0. The van der Waals surface area contributed by atoms with Crippen molar-refractivity contribution >= 4 is 79.6 Å². The first-order valence-corrected chi connectivity index (χ1v) is 21.2. The molecule has 3 atom stereocenters. The predicted octanol–water partition coefficient (Wildman–Crippen LogP) is 13.3. The normalized spacial score (nSPS) is 23.4. The topological polar surface area (TPSA) is 17.8 Å². The van der Waals surface area contributed by atoms with E-state index in [9.17, 15) is 0 Å². The summed E-state index contributed by atoms with van der Waals surface area (Å²) < 4.78 is 3.84. The molecule has 0 radical (unpaired) electrons. The van der Waals surface area contributed by atoms with Crippen molar-refractivity contribution in [1.82, 2.24) is 9.55 Å². The van der Waals surface area contributed by atoms with Crippen molar-refractivity contribution in [3.05, 3.63) is 156 Å². The quantitative estimate of drug-likeness (QED) is 0.193. The van der Waals surface area contributed by atoms with Crippen LogP contribution in [0.1, 0.15) is 120 Å². The Kier molecular flexibility index (Phi) is 7.69. The molecule has 2 aromatic carbocycles. The van der Waals surface area contributed by atoms with E-state index in [-0.39, 0.29) is 0 Å². The third kappa shape index (κ3) is 4.95. The molecule has 2 heterocycles. The van der Waals surface area contributed by atoms with Crippen LogP contribution in [0.5, 0.6) is 0 Å². The zero-order valence-corrected chi connectivity index (χ0v) is 33.4. The summed E-state index contributed by atoms with van der Waals surface area (Å²) in [6, 6.07) is 13.5. The van der Waals surface area contributed by atoms with E-state index in [0.717, 1.165) is 68.3 Å². The largest absolute Gasteiger partial charge is 0.301 e. The number of pyridine rings is 1. The van der Waals surface area contributed by atoms with Crippen LogP contribution < -0.4 is 0 Å². The number of allylic oxidation sites excluding steroid dienone is 12. The number of thiocarbonyl (C=S) groups is 1. The van der Waals surface area contributed by atoms with Crippen LogP contribution in [0.4, 0.5) is 0 Å². The first-order valence-electron chi connectivity index (χ1n) is 20.0. The van der Waals surface area contributed by atoms with Gasteiger partial charge in [0.2, 0.25) is 0 Å². The molecule has 7 aliphatic rings. The summed E-state index contributed by atoms with van der Waals surface area (Å²) in [7, 11) is 0. The van der Waals surface area contributed by atoms with E-state index in [1.54, 1.807) is 11.1 Å². The Bertz CT molecular complexity index is 2640. The van der Waals surface area contributed by atoms with Gasteiger partial charge < -0.3 is 4.57 Å². The van der Waals surface area contributed by atoms with E-state index in [2.05, 4.69) is 125 Å². The van der Waals surface area contributed by atoms with Crippen LogP contribution in [0.15, 0.2) is 99.7 Å². The molecule has 4 aromatic rings. The van der Waals surface area contributed by atoms with Gasteiger partial charge in [0.1, 0.15) is 5.65 Å². The standard InChI is InChI=1S/C50H43BrN2S/c1-28-12-17-40-43(23-28)46-26-32(51)15-20-38(46)36-18-13-31(25-45(36)40)49(54)30-14-19-37-39-21-16-33(27-47(39)35-9-4-3-8-34(35)44(37)24-30)53-48-29(2)7-5-10-41(48)42-11-6-22-52-50(42)53/h3-6,8-12,14,17,19,22,25-29,44H,7,13,15-16,18,20-21,23-24H2,1-2H3. The molecule has 4 heteroatoms. The molecule has 266 valence electrons. The fraction of sp³-hybridized carbons (Fsp3) is 0.280. The average Bonchev–Trinajstić information content (AvgIpc) is 3.55. The number of benzene rings is 2. The van der Waals surface area contributed by atoms with Gasteiger partial charge in [-0.15, -0.1) is 0 Å². The zero-order chi connectivity index (χ0) is 36.2. The lowest BCUT2D eigenvalue weighted by molar-refractivity contribution is 0.711. The monoisotopic (exact) mass is 782 g/mol. The van der Waals surface area contributed by atoms with E-state index in [1.807, 2.05) is 6.20 Å². The lowest BCUT2D eigenvalue weighted by Crippen LogP contribution is -2.22. The minimum absolute atomic E-state index is 0.325. The summed E-state index contributed by atoms with van der Waals surface area (Å²) in [5, 5.41) is 1.26. The minimum Gasteiger partial charge on any atom is -0.301 e. The lowest BCUT2D eigenvalue weighted by Gasteiger charge is -2.37. The van der Waals surface area contributed by atoms with Gasteiger partial charge in [-0.1, -0.05) is 103 Å². The maximum absolute atomic E-state index is 6.46. The van der Waals surface area contributed by atoms with Crippen LogP contribution in [-0.4, -0.2) is 14.4 Å². The Morgan fingerprint density at radius 2 is 1.67 bits per heavy atom. The SMILES string of the molecule is CC1C=Cc2c3c(c4c(c2C1)C=C(Br)CC4)CCC(C(=S)C1=CC=C2C4=C(C=C(n5c6c(c7cccnc75)C=CCC6C)CC4)c4ccccc4C2C1)=C3. The Hall–Kier alpha value is -4.38. The molecule has 11 rings (SSSR count). The molecule has 0 aliphatic heterocycles. The summed E-state index contributed by atoms with van der Waals surface area (Å²) in [6.45, 7) is 4.71. The number of fused-ring (bicyclic) bond motifs is 14. The van der Waals surface area contributed by atoms with Gasteiger partial charge in [-0.05, 0) is 171 Å². The van der Waals surface area contributed by atoms with Crippen LogP contribution >= 0.6 is 28.1 Å². The van der Waals surface area contributed by atoms with Crippen molar-refractivity contribution in [3.8, 4) is 0 Å². The first kappa shape index (κ1) is 33.0. The molecule has 2 aromatic heterocycles. The van der Waals surface area contributed by atoms with Crippen molar-refractivity contribution in [3.63, 3.8) is 0 Å². The van der Waals surface area contributed by atoms with Crippen LogP contribution in [0.3, 0.4) is 0 Å². The fourth-order valence-corrected chi connectivity index (χ4v) is 11.6. The van der Waals surface area contributed by atoms with Crippen LogP contribution in [0.25, 0.3) is 46.6 Å². The lowest BCUT2D eigenvalue weighted by atomic mass is 9.68. The summed E-state index contributed by atoms with van der Waals surface area (Å²) in [6.07, 6.45) is 33.1. The summed E-state index contributed by atoms with van der Waals surface area (Å²) >= 11 is 10.3. The summed E-state index contributed by atoms with van der Waals surface area (Å²) in [5.41, 5.74) is 24.1. The van der Waals surface area contributed by atoms with Gasteiger partial charge in [-0.25, -0.2) is 4.98 Å². The molecular formula is C50H43BrN2S. The van der Waals surface area contributed by atoms with E-state index in [0.29, 0.717) is 17.8 Å². The van der Waals surface area contributed by atoms with E-state index in [4.69, 9.17) is 17.2 Å². The molecule has 0 saturated carbocycles. The van der Waals surface area contributed by atoms with Gasteiger partial charge in [0, 0.05) is 45.2 Å². The Morgan fingerprint density at radius 1 is 0.796 bits per heavy atom. The van der Waals surface area contributed by atoms with E-state index in [1.165, 1.54) is 88.1 Å². The van der Waals surface area contributed by atoms with E-state index >= 15 is 0 Å². The Morgan fingerprint density at radius 3 is 2.59 bits per heavy atom. The third-order valence-electron chi connectivity index (χ3n) is 13.4. The second-order valence-corrected chi connectivity index (χ2v) is 18.0. The van der Waals surface area contributed by atoms with Crippen molar-refractivity contribution in [1.29, 1.82) is 0 Å². The molecule has 3 unspecified atom stereocenters. The highest BCUT2D eigenvalue weighted by Gasteiger charge is 2.36. The highest BCUT2D eigenvalue weighted by molar-refractivity contribution is 9.11. The predicted molar refractivity (Wildman–Crippen MR) is 235 cm³/mol. The van der Waals surface area contributed by atoms with Gasteiger partial charge >= 0.3 is 0 Å². The molecule has 0 spiro atoms. The summed E-state index contributed by atoms with van der Waals surface area (Å²) in [4.78, 5) is 6.03. The van der Waals surface area contributed by atoms with Crippen LogP contribution in [0.2, 0.25) is 0 Å². The van der Waals surface area contributed by atoms with Crippen molar-refractivity contribution in [2.45, 2.75) is 83.5 Å². The number of hydrogen-bond acceptors (Lipinski definition) is 2. The molecule has 7 aliphatic carbocycles. The molecule has 54 heavy (non-hydrogen) atoms. The molecule has 0 amide bonds. The van der Waals surface area contributed by atoms with Gasteiger partial charge in [-0.3, -0.25) is 0 Å². The summed E-state index contributed by atoms with van der Waals surface area (Å²) in [5.74, 6) is 1.34. The number of nitrogens with zero attached hydrogens (tertiary/aromatic N) is 2. The Balaban J connectivity index is 0.989. The molecule has 2 nitrogen and oxygen atoms in total. The Labute approximate surface area is 332 Å². The van der Waals surface area contributed by atoms with Gasteiger partial charge in [0.05, 0.1) is 0 Å². The second-order valence-electron chi connectivity index (χ2n) is 16.5. The van der Waals surface area contributed by atoms with Crippen LogP contribution in [-0.2, 0) is 19.3 Å². The smallest absolute Gasteiger partial charge is 0.145 e. The van der Waals surface area contributed by atoms with Gasteiger partial charge in [0.15, 0.2) is 0 Å². The third-order valence-corrected chi connectivity index (χ3v) is 14.5. The van der Waals surface area contributed by atoms with Crippen molar-refractivity contribution in [2.24, 2.45) is 5.92 Å². The van der Waals surface area contributed by atoms with E-state index < -0.39 is 0 Å². The molecule has 0 fully saturated rings. The van der Waals surface area contributed by atoms with Crippen molar-refractivity contribution in [2.75, 3.05) is 0 Å². The molecular weight excluding hydrogens is 741 g/mol. The first-order chi connectivity index (χ1) is 26.4. The van der Waals surface area contributed by atoms with Crippen molar-refractivity contribution < 1.29 is 0 Å². The highest BCUT2D eigenvalue weighted by atomic mass is 79.9. The average molecular weight is 784 g/mol. The number of aromatic nitrogens is 2. The molecule has 0 bridgehead atoms. The number of hydrogen-bond donors (Lipinski definition) is 0. The van der Waals surface area contributed by atoms with Gasteiger partial charge in [0.25, 0.3) is 0 Å². The maximum atomic E-state index is 6.46. The fourth-order valence-electron chi connectivity index (χ4n) is 10.9. The second kappa shape index (κ2) is 12.6. The van der Waals surface area contributed by atoms with Crippen LogP contribution in [0, 0.1) is 5.92 Å². The van der Waals surface area contributed by atoms with Gasteiger partial charge in [-0.2, -0.15) is 0 Å². The molecule has 0 N–H and O–H groups in total. The molecule has 0 saturated heterocycles. The minimum atomic E-state index is 0.325. The number of rotatable bonds is 3. The maximum Gasteiger partial charge on any atom is 0.145 e. The number of halogens is 1.